The van der Waals surface area contributed by atoms with Gasteiger partial charge in [-0.25, -0.2) is 0 Å². The summed E-state index contributed by atoms with van der Waals surface area (Å²) in [5.74, 6) is 1.41. The van der Waals surface area contributed by atoms with Crippen molar-refractivity contribution >= 4 is 16.7 Å². The molecule has 1 N–H and O–H groups in total. The van der Waals surface area contributed by atoms with Crippen LogP contribution < -0.4 is 4.90 Å². The number of hydrogen-bond acceptors (Lipinski definition) is 6. The molecule has 0 saturated carbocycles. The first-order valence-electron chi connectivity index (χ1n) is 11.5. The average molecular weight is 445 g/mol. The van der Waals surface area contributed by atoms with Crippen LogP contribution in [0.4, 0.5) is 5.82 Å². The lowest BCUT2D eigenvalue weighted by Crippen LogP contribution is -2.59. The van der Waals surface area contributed by atoms with Crippen LogP contribution in [0.15, 0.2) is 42.9 Å². The van der Waals surface area contributed by atoms with Gasteiger partial charge in [0.05, 0.1) is 23.6 Å². The van der Waals surface area contributed by atoms with Crippen LogP contribution in [0.3, 0.4) is 0 Å². The Morgan fingerprint density at radius 2 is 1.85 bits per heavy atom. The van der Waals surface area contributed by atoms with E-state index < -0.39 is 0 Å². The molecule has 0 bridgehead atoms. The summed E-state index contributed by atoms with van der Waals surface area (Å²) >= 11 is 0. The summed E-state index contributed by atoms with van der Waals surface area (Å²) in [6, 6.07) is 8.75. The fourth-order valence-corrected chi connectivity index (χ4v) is 5.10. The lowest BCUT2D eigenvalue weighted by atomic mass is 9.77. The zero-order chi connectivity index (χ0) is 23.3. The lowest BCUT2D eigenvalue weighted by Gasteiger charge is -2.51. The molecule has 2 atom stereocenters. The molecule has 4 heterocycles. The average Bonchev–Trinajstić information content (AvgIpc) is 3.46. The molecule has 0 aliphatic carbocycles. The Kier molecular flexibility index (Phi) is 5.20. The first-order chi connectivity index (χ1) is 15.8. The van der Waals surface area contributed by atoms with Crippen LogP contribution in [0.25, 0.3) is 33.3 Å². The highest BCUT2D eigenvalue weighted by molar-refractivity contribution is 6.01. The minimum Gasteiger partial charge on any atom is -0.355 e. The van der Waals surface area contributed by atoms with Crippen LogP contribution >= 0.6 is 0 Å². The maximum Gasteiger partial charge on any atom is 0.151 e. The van der Waals surface area contributed by atoms with Gasteiger partial charge in [0.15, 0.2) is 5.82 Å². The Hall–Kier alpha value is -3.26. The number of aromatic nitrogens is 6. The third-order valence-corrected chi connectivity index (χ3v) is 7.85. The first kappa shape index (κ1) is 21.6. The number of H-pyrrole nitrogens is 1. The molecule has 2 unspecified atom stereocenters. The fourth-order valence-electron chi connectivity index (χ4n) is 5.10. The minimum absolute atomic E-state index is 0.146. The van der Waals surface area contributed by atoms with Crippen LogP contribution in [0.1, 0.15) is 27.2 Å². The van der Waals surface area contributed by atoms with E-state index in [0.29, 0.717) is 12.0 Å². The minimum atomic E-state index is 0.146. The molecule has 1 saturated heterocycles. The second-order valence-electron chi connectivity index (χ2n) is 9.83. The second kappa shape index (κ2) is 7.95. The van der Waals surface area contributed by atoms with E-state index in [9.17, 15) is 0 Å². The van der Waals surface area contributed by atoms with Crippen LogP contribution in [0.2, 0.25) is 0 Å². The third kappa shape index (κ3) is 3.58. The Bertz CT molecular complexity index is 1270. The zero-order valence-corrected chi connectivity index (χ0v) is 20.2. The molecule has 5 rings (SSSR count). The molecule has 1 aromatic carbocycles. The Morgan fingerprint density at radius 1 is 1.06 bits per heavy atom. The predicted octanol–water partition coefficient (Wildman–Crippen LogP) is 3.98. The number of likely N-dealkylation sites (tertiary alicyclic amines) is 1. The molecule has 33 heavy (non-hydrogen) atoms. The standard InChI is InChI=1S/C25H32N8/c1-16-22(11-12-31(4)25(16,2)3)33(6)23-10-9-21(28-29-23)19-8-7-18(17-13-27-32(5)15-17)20-14-26-30-24(19)20/h7-10,13-16,22H,11-12H2,1-6H3,(H,26,30). The van der Waals surface area contributed by atoms with Gasteiger partial charge in [0.2, 0.25) is 0 Å². The molecule has 0 radical (unpaired) electrons. The Morgan fingerprint density at radius 3 is 2.55 bits per heavy atom. The summed E-state index contributed by atoms with van der Waals surface area (Å²) in [7, 11) is 6.28. The van der Waals surface area contributed by atoms with Gasteiger partial charge in [-0.2, -0.15) is 10.2 Å². The highest BCUT2D eigenvalue weighted by Crippen LogP contribution is 2.36. The lowest BCUT2D eigenvalue weighted by molar-refractivity contribution is 0.0391. The molecule has 0 spiro atoms. The molecule has 1 fully saturated rings. The van der Waals surface area contributed by atoms with Gasteiger partial charge in [-0.3, -0.25) is 9.78 Å². The van der Waals surface area contributed by atoms with Gasteiger partial charge in [0.1, 0.15) is 0 Å². The molecular weight excluding hydrogens is 412 g/mol. The van der Waals surface area contributed by atoms with Crippen molar-refractivity contribution in [1.29, 1.82) is 0 Å². The maximum atomic E-state index is 4.62. The Labute approximate surface area is 194 Å². The number of hydrogen-bond donors (Lipinski definition) is 1. The van der Waals surface area contributed by atoms with Gasteiger partial charge in [-0.1, -0.05) is 13.0 Å². The van der Waals surface area contributed by atoms with E-state index >= 15 is 0 Å². The number of aryl methyl sites for hydroxylation is 1. The van der Waals surface area contributed by atoms with Gasteiger partial charge >= 0.3 is 0 Å². The van der Waals surface area contributed by atoms with E-state index in [1.165, 1.54) is 0 Å². The van der Waals surface area contributed by atoms with E-state index in [0.717, 1.165) is 52.1 Å². The molecule has 8 nitrogen and oxygen atoms in total. The monoisotopic (exact) mass is 444 g/mol. The largest absolute Gasteiger partial charge is 0.355 e. The number of aromatic amines is 1. The third-order valence-electron chi connectivity index (χ3n) is 7.85. The summed E-state index contributed by atoms with van der Waals surface area (Å²) in [5.41, 5.74) is 5.08. The van der Waals surface area contributed by atoms with E-state index in [1.807, 2.05) is 30.3 Å². The quantitative estimate of drug-likeness (QED) is 0.513. The fraction of sp³-hybridized carbons (Fsp3) is 0.440. The number of anilines is 1. The van der Waals surface area contributed by atoms with Gasteiger partial charge in [0, 0.05) is 54.9 Å². The number of fused-ring (bicyclic) bond motifs is 1. The van der Waals surface area contributed by atoms with Crippen molar-refractivity contribution in [2.45, 2.75) is 38.8 Å². The summed E-state index contributed by atoms with van der Waals surface area (Å²) in [6.45, 7) is 8.09. The molecule has 0 amide bonds. The molecule has 1 aliphatic heterocycles. The van der Waals surface area contributed by atoms with Crippen molar-refractivity contribution in [1.82, 2.24) is 35.1 Å². The van der Waals surface area contributed by atoms with Gasteiger partial charge in [-0.15, -0.1) is 10.2 Å². The molecule has 1 aliphatic rings. The predicted molar refractivity (Wildman–Crippen MR) is 132 cm³/mol. The van der Waals surface area contributed by atoms with Gasteiger partial charge in [0.25, 0.3) is 0 Å². The smallest absolute Gasteiger partial charge is 0.151 e. The van der Waals surface area contributed by atoms with Gasteiger partial charge < -0.3 is 9.80 Å². The van der Waals surface area contributed by atoms with Crippen LogP contribution in [-0.2, 0) is 7.05 Å². The molecule has 3 aromatic heterocycles. The van der Waals surface area contributed by atoms with E-state index in [1.54, 1.807) is 0 Å². The molecular formula is C25H32N8. The van der Waals surface area contributed by atoms with Crippen LogP contribution in [0, 0.1) is 5.92 Å². The van der Waals surface area contributed by atoms with Crippen molar-refractivity contribution in [2.75, 3.05) is 25.5 Å². The van der Waals surface area contributed by atoms with Crippen molar-refractivity contribution in [3.8, 4) is 22.4 Å². The summed E-state index contributed by atoms with van der Waals surface area (Å²) in [6.07, 6.45) is 6.86. The number of nitrogens with one attached hydrogen (secondary N) is 1. The van der Waals surface area contributed by atoms with E-state index in [4.69, 9.17) is 0 Å². The van der Waals surface area contributed by atoms with Crippen molar-refractivity contribution < 1.29 is 0 Å². The van der Waals surface area contributed by atoms with Crippen molar-refractivity contribution in [3.05, 3.63) is 42.9 Å². The SMILES string of the molecule is CC1C(N(C)c2ccc(-c3ccc(-c4cnn(C)c4)c4cn[nH]c34)nn2)CCN(C)C1(C)C. The van der Waals surface area contributed by atoms with Crippen LogP contribution in [0.5, 0.6) is 0 Å². The normalized spacial score (nSPS) is 20.9. The highest BCUT2D eigenvalue weighted by Gasteiger charge is 2.41. The zero-order valence-electron chi connectivity index (χ0n) is 20.2. The first-order valence-corrected chi connectivity index (χ1v) is 11.5. The van der Waals surface area contributed by atoms with Crippen molar-refractivity contribution in [2.24, 2.45) is 13.0 Å². The Balaban J connectivity index is 1.44. The summed E-state index contributed by atoms with van der Waals surface area (Å²) < 4.78 is 1.81. The number of piperidine rings is 1. The summed E-state index contributed by atoms with van der Waals surface area (Å²) in [5, 5.41) is 22.0. The number of nitrogens with zero attached hydrogens (tertiary/aromatic N) is 7. The van der Waals surface area contributed by atoms with Crippen molar-refractivity contribution in [3.63, 3.8) is 0 Å². The number of rotatable bonds is 4. The van der Waals surface area contributed by atoms with E-state index in [2.05, 4.69) is 94.4 Å². The highest BCUT2D eigenvalue weighted by atomic mass is 15.3. The summed E-state index contributed by atoms with van der Waals surface area (Å²) in [4.78, 5) is 4.76. The maximum absolute atomic E-state index is 4.62. The molecule has 172 valence electrons. The molecule has 4 aromatic rings. The topological polar surface area (TPSA) is 78.8 Å². The number of benzene rings is 1. The second-order valence-corrected chi connectivity index (χ2v) is 9.83. The van der Waals surface area contributed by atoms with Crippen LogP contribution in [-0.4, -0.2) is 67.3 Å². The molecule has 8 heteroatoms. The van der Waals surface area contributed by atoms with E-state index in [-0.39, 0.29) is 5.54 Å². The van der Waals surface area contributed by atoms with Gasteiger partial charge in [-0.05, 0) is 57.0 Å².